The van der Waals surface area contributed by atoms with Gasteiger partial charge in [-0.05, 0) is 43.0 Å². The molecule has 0 radical (unpaired) electrons. The number of carbonyl (C=O) groups is 1. The lowest BCUT2D eigenvalue weighted by atomic mass is 9.87. The predicted molar refractivity (Wildman–Crippen MR) is 120 cm³/mol. The van der Waals surface area contributed by atoms with Crippen molar-refractivity contribution < 1.29 is 23.8 Å². The third-order valence-corrected chi connectivity index (χ3v) is 5.79. The van der Waals surface area contributed by atoms with Gasteiger partial charge < -0.3 is 19.0 Å². The topological polar surface area (TPSA) is 118 Å². The van der Waals surface area contributed by atoms with Crippen LogP contribution in [0.5, 0.6) is 11.5 Å². The van der Waals surface area contributed by atoms with Crippen molar-refractivity contribution in [2.45, 2.75) is 39.5 Å². The summed E-state index contributed by atoms with van der Waals surface area (Å²) < 4.78 is 10.9. The molecule has 7 nitrogen and oxygen atoms in total. The Labute approximate surface area is 182 Å². The van der Waals surface area contributed by atoms with Gasteiger partial charge in [-0.2, -0.15) is 0 Å². The van der Waals surface area contributed by atoms with E-state index < -0.39 is 45.6 Å². The summed E-state index contributed by atoms with van der Waals surface area (Å²) in [7, 11) is 0. The maximum atomic E-state index is 12.9. The summed E-state index contributed by atoms with van der Waals surface area (Å²) in [5.74, 6) is -3.13. The summed E-state index contributed by atoms with van der Waals surface area (Å²) in [5, 5.41) is 22.4. The van der Waals surface area contributed by atoms with Gasteiger partial charge in [0.25, 0.3) is 0 Å². The largest absolute Gasteiger partial charge is 0.507 e. The number of aromatic hydroxyl groups is 2. The number of carbonyl (C=O) groups excluding carboxylic acids is 1. The molecule has 7 heteroatoms. The molecule has 2 heterocycles. The Kier molecular flexibility index (Phi) is 5.34. The normalized spacial score (nSPS) is 11.5. The molecule has 0 aliphatic heterocycles. The van der Waals surface area contributed by atoms with Gasteiger partial charge in [-0.3, -0.25) is 4.79 Å². The molecule has 2 N–H and O–H groups in total. The summed E-state index contributed by atoms with van der Waals surface area (Å²) in [6.07, 6.45) is 1.12. The fourth-order valence-electron chi connectivity index (χ4n) is 4.18. The van der Waals surface area contributed by atoms with E-state index in [2.05, 4.69) is 0 Å². The first kappa shape index (κ1) is 21.4. The Morgan fingerprint density at radius 1 is 0.812 bits per heavy atom. The molecule has 0 bridgehead atoms. The van der Waals surface area contributed by atoms with Gasteiger partial charge in [0.05, 0.1) is 27.8 Å². The van der Waals surface area contributed by atoms with E-state index in [0.717, 1.165) is 0 Å². The van der Waals surface area contributed by atoms with Crippen LogP contribution < -0.4 is 11.3 Å². The zero-order valence-corrected chi connectivity index (χ0v) is 17.9. The standard InChI is InChI=1S/C25H22O7/c1-4-13-8-6-10-15-20(27)18(24(29)31-22(13)15)17(12(3)26)19-21(28)16-11-7-9-14(5-2)23(16)32-25(19)30/h6-11,17,27-28H,4-5H2,1-3H3. The lowest BCUT2D eigenvalue weighted by Gasteiger charge is -2.17. The Hall–Kier alpha value is -3.87. The van der Waals surface area contributed by atoms with Gasteiger partial charge in [-0.15, -0.1) is 0 Å². The lowest BCUT2D eigenvalue weighted by Crippen LogP contribution is -2.25. The maximum Gasteiger partial charge on any atom is 0.344 e. The van der Waals surface area contributed by atoms with Crippen molar-refractivity contribution in [1.29, 1.82) is 0 Å². The lowest BCUT2D eigenvalue weighted by molar-refractivity contribution is -0.117. The highest BCUT2D eigenvalue weighted by molar-refractivity contribution is 5.95. The molecular formula is C25H22O7. The third-order valence-electron chi connectivity index (χ3n) is 5.79. The monoisotopic (exact) mass is 434 g/mol. The van der Waals surface area contributed by atoms with E-state index in [1.165, 1.54) is 6.92 Å². The molecule has 0 saturated heterocycles. The van der Waals surface area contributed by atoms with Gasteiger partial charge in [0.2, 0.25) is 0 Å². The molecule has 32 heavy (non-hydrogen) atoms. The molecule has 0 saturated carbocycles. The number of para-hydroxylation sites is 2. The van der Waals surface area contributed by atoms with Crippen LogP contribution in [0.2, 0.25) is 0 Å². The summed E-state index contributed by atoms with van der Waals surface area (Å²) in [6, 6.07) is 10.0. The minimum absolute atomic E-state index is 0.214. The molecule has 164 valence electrons. The minimum Gasteiger partial charge on any atom is -0.507 e. The molecule has 0 spiro atoms. The van der Waals surface area contributed by atoms with Crippen molar-refractivity contribution in [3.05, 3.63) is 79.5 Å². The van der Waals surface area contributed by atoms with Crippen molar-refractivity contribution >= 4 is 27.7 Å². The highest BCUT2D eigenvalue weighted by Crippen LogP contribution is 2.39. The quantitative estimate of drug-likeness (QED) is 0.453. The maximum absolute atomic E-state index is 12.9. The predicted octanol–water partition coefficient (Wildman–Crippen LogP) is 4.16. The van der Waals surface area contributed by atoms with Gasteiger partial charge in [0, 0.05) is 0 Å². The number of hydrogen-bond acceptors (Lipinski definition) is 7. The number of hydrogen-bond donors (Lipinski definition) is 2. The smallest absolute Gasteiger partial charge is 0.344 e. The molecule has 0 aliphatic rings. The van der Waals surface area contributed by atoms with Crippen LogP contribution in [-0.2, 0) is 17.6 Å². The van der Waals surface area contributed by atoms with Crippen LogP contribution in [0.1, 0.15) is 48.9 Å². The molecule has 0 fully saturated rings. The van der Waals surface area contributed by atoms with Crippen LogP contribution in [-0.4, -0.2) is 16.0 Å². The Morgan fingerprint density at radius 3 is 1.56 bits per heavy atom. The second kappa shape index (κ2) is 8.00. The van der Waals surface area contributed by atoms with Crippen LogP contribution in [0.25, 0.3) is 21.9 Å². The van der Waals surface area contributed by atoms with Crippen molar-refractivity contribution in [1.82, 2.24) is 0 Å². The molecule has 4 rings (SSSR count). The second-order valence-electron chi connectivity index (χ2n) is 7.64. The van der Waals surface area contributed by atoms with Crippen LogP contribution in [0.15, 0.2) is 54.8 Å². The average molecular weight is 434 g/mol. The van der Waals surface area contributed by atoms with Gasteiger partial charge >= 0.3 is 11.3 Å². The Morgan fingerprint density at radius 2 is 1.22 bits per heavy atom. The SMILES string of the molecule is CCc1cccc2c(O)c(C(C(C)=O)c3c(O)c4cccc(CC)c4oc3=O)c(=O)oc12. The molecule has 4 aromatic rings. The van der Waals surface area contributed by atoms with Crippen molar-refractivity contribution in [3.63, 3.8) is 0 Å². The molecule has 2 aromatic carbocycles. The molecule has 0 aliphatic carbocycles. The third kappa shape index (κ3) is 3.17. The number of aryl methyl sites for hydroxylation is 2. The Bertz CT molecular complexity index is 1380. The average Bonchev–Trinajstić information content (AvgIpc) is 2.77. The molecular weight excluding hydrogens is 412 g/mol. The highest BCUT2D eigenvalue weighted by Gasteiger charge is 2.34. The van der Waals surface area contributed by atoms with Crippen molar-refractivity contribution in [3.8, 4) is 11.5 Å². The van der Waals surface area contributed by atoms with Gasteiger partial charge in [0.15, 0.2) is 0 Å². The number of fused-ring (bicyclic) bond motifs is 2. The summed E-state index contributed by atoms with van der Waals surface area (Å²) in [6.45, 7) is 4.92. The molecule has 0 unspecified atom stereocenters. The highest BCUT2D eigenvalue weighted by atomic mass is 16.4. The second-order valence-corrected chi connectivity index (χ2v) is 7.64. The summed E-state index contributed by atoms with van der Waals surface area (Å²) in [5.41, 5.74) is -0.896. The minimum atomic E-state index is -1.56. The first-order chi connectivity index (χ1) is 15.3. The molecule has 2 aromatic heterocycles. The number of benzene rings is 2. The van der Waals surface area contributed by atoms with Crippen LogP contribution in [0, 0.1) is 0 Å². The number of Topliss-reactive ketones (excluding diaryl/α,β-unsaturated/α-hetero) is 1. The summed E-state index contributed by atoms with van der Waals surface area (Å²) >= 11 is 0. The van der Waals surface area contributed by atoms with E-state index in [4.69, 9.17) is 8.83 Å². The fourth-order valence-corrected chi connectivity index (χ4v) is 4.18. The number of ketones is 1. The van der Waals surface area contributed by atoms with E-state index >= 15 is 0 Å². The van der Waals surface area contributed by atoms with E-state index in [-0.39, 0.29) is 21.9 Å². The van der Waals surface area contributed by atoms with E-state index in [1.54, 1.807) is 36.4 Å². The van der Waals surface area contributed by atoms with Crippen LogP contribution in [0.4, 0.5) is 0 Å². The van der Waals surface area contributed by atoms with Crippen molar-refractivity contribution in [2.24, 2.45) is 0 Å². The number of rotatable bonds is 5. The molecule has 0 amide bonds. The summed E-state index contributed by atoms with van der Waals surface area (Å²) in [4.78, 5) is 38.6. The Balaban J connectivity index is 2.08. The fraction of sp³-hybridized carbons (Fsp3) is 0.240. The van der Waals surface area contributed by atoms with Crippen molar-refractivity contribution in [2.75, 3.05) is 0 Å². The van der Waals surface area contributed by atoms with Crippen LogP contribution >= 0.6 is 0 Å². The van der Waals surface area contributed by atoms with Crippen LogP contribution in [0.3, 0.4) is 0 Å². The zero-order chi connectivity index (χ0) is 23.2. The van der Waals surface area contributed by atoms with Gasteiger partial charge in [0.1, 0.15) is 28.4 Å². The first-order valence-electron chi connectivity index (χ1n) is 10.4. The van der Waals surface area contributed by atoms with E-state index in [1.807, 2.05) is 13.8 Å². The molecule has 0 atom stereocenters. The zero-order valence-electron chi connectivity index (χ0n) is 17.9. The van der Waals surface area contributed by atoms with Gasteiger partial charge in [-0.25, -0.2) is 9.59 Å². The van der Waals surface area contributed by atoms with E-state index in [0.29, 0.717) is 24.0 Å². The van der Waals surface area contributed by atoms with Gasteiger partial charge in [-0.1, -0.05) is 38.1 Å². The van der Waals surface area contributed by atoms with E-state index in [9.17, 15) is 24.6 Å². The first-order valence-corrected chi connectivity index (χ1v) is 10.4.